The van der Waals surface area contributed by atoms with E-state index in [9.17, 15) is 39.9 Å². The van der Waals surface area contributed by atoms with Crippen molar-refractivity contribution in [1.82, 2.24) is 10.2 Å². The van der Waals surface area contributed by atoms with E-state index in [1.54, 1.807) is 4.90 Å². The number of allylic oxidation sites excluding steroid dienone is 1. The Bertz CT molecular complexity index is 1210. The number of amides is 1. The van der Waals surface area contributed by atoms with Crippen molar-refractivity contribution in [3.05, 3.63) is 65.1 Å². The van der Waals surface area contributed by atoms with Gasteiger partial charge in [-0.3, -0.25) is 9.80 Å². The van der Waals surface area contributed by atoms with Crippen LogP contribution < -0.4 is 15.0 Å². The van der Waals surface area contributed by atoms with Crippen molar-refractivity contribution < 1.29 is 44.7 Å². The third kappa shape index (κ3) is 7.68. The molecule has 0 saturated carbocycles. The molecule has 2 N–H and O–H groups in total. The third-order valence-corrected chi connectivity index (χ3v) is 5.91. The molecule has 1 aliphatic heterocycles. The second-order valence-electron chi connectivity index (χ2n) is 8.68. The van der Waals surface area contributed by atoms with Gasteiger partial charge in [0.15, 0.2) is 5.75 Å². The van der Waals surface area contributed by atoms with Gasteiger partial charge in [0.25, 0.3) is 0 Å². The quantitative estimate of drug-likeness (QED) is 0.230. The van der Waals surface area contributed by atoms with Gasteiger partial charge in [-0.2, -0.15) is 26.3 Å². The molecule has 0 spiro atoms. The molecule has 0 aromatic heterocycles. The van der Waals surface area contributed by atoms with E-state index in [0.29, 0.717) is 31.8 Å². The van der Waals surface area contributed by atoms with Crippen LogP contribution in [0.2, 0.25) is 0 Å². The first-order chi connectivity index (χ1) is 18.2. The van der Waals surface area contributed by atoms with Crippen LogP contribution in [0.5, 0.6) is 5.75 Å². The van der Waals surface area contributed by atoms with E-state index < -0.39 is 58.4 Å². The largest absolute Gasteiger partial charge is 0.420 e. The summed E-state index contributed by atoms with van der Waals surface area (Å²) in [6.07, 6.45) is -11.1. The van der Waals surface area contributed by atoms with Crippen molar-refractivity contribution in [2.75, 3.05) is 38.1 Å². The van der Waals surface area contributed by atoms with Gasteiger partial charge in [-0.05, 0) is 42.8 Å². The van der Waals surface area contributed by atoms with Gasteiger partial charge in [-0.1, -0.05) is 0 Å². The molecule has 3 rings (SSSR count). The third-order valence-electron chi connectivity index (χ3n) is 5.91. The molecule has 212 valence electrons. The molecule has 6 nitrogen and oxygen atoms in total. The second-order valence-corrected chi connectivity index (χ2v) is 8.68. The number of carbonyl (C=O) groups is 1. The van der Waals surface area contributed by atoms with Gasteiger partial charge < -0.3 is 15.5 Å². The number of hydrogen-bond acceptors (Lipinski definition) is 5. The summed E-state index contributed by atoms with van der Waals surface area (Å²) in [6, 6.07) is 4.44. The minimum absolute atomic E-state index is 0.0327. The Morgan fingerprint density at radius 3 is 2.36 bits per heavy atom. The lowest BCUT2D eigenvalue weighted by molar-refractivity contribution is -0.143. The molecule has 2 aromatic carbocycles. The Hall–Kier alpha value is -3.68. The molecular formula is C25H24F8N4O2. The Balaban J connectivity index is 2.01. The number of ether oxygens (including phenoxy) is 1. The lowest BCUT2D eigenvalue weighted by atomic mass is 9.98. The standard InChI is InChI=1S/C25H24F8N4O2/c1-36(19-4-2-17(26)3-5-19)23(38)39-22-20(10-16(24(28,29)30)11-21(22)25(31,32)33)15(12-34)13-35-7-9-37-8-6-18(27)14-37/h2-5,10-13,18,34-35H,6-9,14H2,1H3/b15-13+,34-12?. The fourth-order valence-corrected chi connectivity index (χ4v) is 3.84. The molecule has 1 unspecified atom stereocenters. The summed E-state index contributed by atoms with van der Waals surface area (Å²) < 4.78 is 114. The predicted molar refractivity (Wildman–Crippen MR) is 128 cm³/mol. The van der Waals surface area contributed by atoms with Crippen molar-refractivity contribution in [2.45, 2.75) is 24.9 Å². The number of rotatable bonds is 8. The molecule has 0 bridgehead atoms. The summed E-state index contributed by atoms with van der Waals surface area (Å²) in [4.78, 5) is 15.3. The molecule has 1 heterocycles. The van der Waals surface area contributed by atoms with Crippen molar-refractivity contribution >= 4 is 23.6 Å². The van der Waals surface area contributed by atoms with E-state index in [0.717, 1.165) is 42.4 Å². The normalized spacial score (nSPS) is 16.7. The molecule has 0 radical (unpaired) electrons. The minimum atomic E-state index is -5.38. The van der Waals surface area contributed by atoms with Crippen molar-refractivity contribution in [3.63, 3.8) is 0 Å². The van der Waals surface area contributed by atoms with Gasteiger partial charge in [0, 0.05) is 62.5 Å². The first-order valence-corrected chi connectivity index (χ1v) is 11.5. The van der Waals surface area contributed by atoms with Crippen molar-refractivity contribution in [1.29, 1.82) is 5.41 Å². The topological polar surface area (TPSA) is 68.7 Å². The molecule has 1 atom stereocenters. The summed E-state index contributed by atoms with van der Waals surface area (Å²) in [7, 11) is 1.11. The van der Waals surface area contributed by atoms with Gasteiger partial charge in [0.1, 0.15) is 12.0 Å². The second kappa shape index (κ2) is 12.0. The van der Waals surface area contributed by atoms with E-state index in [1.807, 2.05) is 0 Å². The maximum absolute atomic E-state index is 14.0. The zero-order chi connectivity index (χ0) is 29.0. The van der Waals surface area contributed by atoms with E-state index in [4.69, 9.17) is 10.1 Å². The van der Waals surface area contributed by atoms with Crippen LogP contribution in [-0.4, -0.2) is 56.6 Å². The number of alkyl halides is 7. The molecule has 1 saturated heterocycles. The molecule has 0 aliphatic carbocycles. The van der Waals surface area contributed by atoms with Gasteiger partial charge in [-0.25, -0.2) is 13.6 Å². The van der Waals surface area contributed by atoms with Gasteiger partial charge in [0.2, 0.25) is 0 Å². The highest BCUT2D eigenvalue weighted by Gasteiger charge is 2.41. The lowest BCUT2D eigenvalue weighted by Crippen LogP contribution is -2.31. The van der Waals surface area contributed by atoms with Gasteiger partial charge in [0.05, 0.1) is 11.1 Å². The highest BCUT2D eigenvalue weighted by atomic mass is 19.4. The number of anilines is 1. The summed E-state index contributed by atoms with van der Waals surface area (Å²) in [5, 5.41) is 10.4. The zero-order valence-electron chi connectivity index (χ0n) is 20.5. The van der Waals surface area contributed by atoms with Crippen LogP contribution in [0.25, 0.3) is 5.57 Å². The maximum Gasteiger partial charge on any atom is 0.420 e. The molecule has 1 aliphatic rings. The van der Waals surface area contributed by atoms with Crippen LogP contribution in [-0.2, 0) is 12.4 Å². The molecular weight excluding hydrogens is 540 g/mol. The molecule has 1 amide bonds. The van der Waals surface area contributed by atoms with E-state index in [2.05, 4.69) is 5.32 Å². The van der Waals surface area contributed by atoms with E-state index in [1.165, 1.54) is 0 Å². The van der Waals surface area contributed by atoms with Crippen LogP contribution in [0, 0.1) is 11.2 Å². The van der Waals surface area contributed by atoms with E-state index >= 15 is 0 Å². The summed E-state index contributed by atoms with van der Waals surface area (Å²) in [5.41, 5.74) is -4.78. The fraction of sp³-hybridized carbons (Fsp3) is 0.360. The van der Waals surface area contributed by atoms with E-state index in [-0.39, 0.29) is 24.8 Å². The predicted octanol–water partition coefficient (Wildman–Crippen LogP) is 6.12. The van der Waals surface area contributed by atoms with Gasteiger partial charge in [-0.15, -0.1) is 0 Å². The lowest BCUT2D eigenvalue weighted by Gasteiger charge is -2.23. The molecule has 2 aromatic rings. The monoisotopic (exact) mass is 564 g/mol. The fourth-order valence-electron chi connectivity index (χ4n) is 3.84. The molecule has 14 heteroatoms. The number of nitrogens with one attached hydrogen (secondary N) is 2. The Kier molecular flexibility index (Phi) is 9.20. The van der Waals surface area contributed by atoms with Crippen molar-refractivity contribution in [3.8, 4) is 5.75 Å². The number of hydrogen-bond donors (Lipinski definition) is 2. The Morgan fingerprint density at radius 2 is 1.82 bits per heavy atom. The number of halogens is 8. The maximum atomic E-state index is 14.0. The van der Waals surface area contributed by atoms with Crippen molar-refractivity contribution in [2.24, 2.45) is 0 Å². The highest BCUT2D eigenvalue weighted by molar-refractivity contribution is 6.10. The SMILES string of the molecule is CN(C(=O)Oc1c(/C(C=N)=C/NCCN2CCC(F)C2)cc(C(F)(F)F)cc1C(F)(F)F)c1ccc(F)cc1. The Labute approximate surface area is 218 Å². The van der Waals surface area contributed by atoms with Crippen LogP contribution in [0.15, 0.2) is 42.6 Å². The minimum Gasteiger partial charge on any atom is -0.409 e. The molecule has 39 heavy (non-hydrogen) atoms. The highest BCUT2D eigenvalue weighted by Crippen LogP contribution is 2.44. The number of carbonyl (C=O) groups excluding carboxylic acids is 1. The van der Waals surface area contributed by atoms with Crippen LogP contribution in [0.3, 0.4) is 0 Å². The zero-order valence-corrected chi connectivity index (χ0v) is 20.5. The summed E-state index contributed by atoms with van der Waals surface area (Å²) in [6.45, 7) is 1.18. The summed E-state index contributed by atoms with van der Waals surface area (Å²) in [5.74, 6) is -1.89. The van der Waals surface area contributed by atoms with Gasteiger partial charge >= 0.3 is 18.4 Å². The smallest absolute Gasteiger partial charge is 0.409 e. The first kappa shape index (κ1) is 29.9. The number of benzene rings is 2. The summed E-state index contributed by atoms with van der Waals surface area (Å²) >= 11 is 0. The number of nitrogens with zero attached hydrogens (tertiary/aromatic N) is 2. The number of likely N-dealkylation sites (tertiary alicyclic amines) is 1. The molecule has 1 fully saturated rings. The van der Waals surface area contributed by atoms with Crippen LogP contribution in [0.4, 0.5) is 45.6 Å². The average Bonchev–Trinajstić information content (AvgIpc) is 3.27. The van der Waals surface area contributed by atoms with Crippen LogP contribution in [0.1, 0.15) is 23.1 Å². The Morgan fingerprint density at radius 1 is 1.15 bits per heavy atom. The average molecular weight is 564 g/mol. The van der Waals surface area contributed by atoms with Crippen LogP contribution >= 0.6 is 0 Å². The first-order valence-electron chi connectivity index (χ1n) is 11.5.